The molecule has 0 spiro atoms. The Bertz CT molecular complexity index is 116. The molecule has 0 atom stereocenters. The van der Waals surface area contributed by atoms with Crippen LogP contribution in [0, 0.1) is 0 Å². The number of carbonyl (C=O) groups excluding carboxylic acids is 1. The van der Waals surface area contributed by atoms with E-state index in [1.165, 1.54) is 0 Å². The maximum absolute atomic E-state index is 10.7. The van der Waals surface area contributed by atoms with Gasteiger partial charge in [-0.25, -0.2) is 0 Å². The van der Waals surface area contributed by atoms with E-state index in [2.05, 4.69) is 0 Å². The molecule has 0 aliphatic carbocycles. The molecule has 0 unspecified atom stereocenters. The van der Waals surface area contributed by atoms with Crippen LogP contribution in [0.3, 0.4) is 0 Å². The van der Waals surface area contributed by atoms with Crippen molar-refractivity contribution >= 4 is 34.5 Å². The minimum atomic E-state index is -0.596. The molecule has 0 bridgehead atoms. The summed E-state index contributed by atoms with van der Waals surface area (Å²) < 4.78 is 5.77. The van der Waals surface area contributed by atoms with E-state index in [9.17, 15) is 4.79 Å². The summed E-state index contributed by atoms with van der Waals surface area (Å²) in [7, 11) is 4.85. The molecular weight excluding hydrogens is 255 g/mol. The van der Waals surface area contributed by atoms with E-state index in [1.54, 1.807) is 0 Å². The summed E-state index contributed by atoms with van der Waals surface area (Å²) in [6.45, 7) is 2.54. The van der Waals surface area contributed by atoms with Crippen molar-refractivity contribution in [3.8, 4) is 0 Å². The normalized spacial score (nSPS) is 8.90. The van der Waals surface area contributed by atoms with E-state index < -0.39 is 19.2 Å². The quantitative estimate of drug-likeness (QED) is 0.558. The van der Waals surface area contributed by atoms with Gasteiger partial charge < -0.3 is 0 Å². The predicted octanol–water partition coefficient (Wildman–Crippen LogP) is 1.56. The van der Waals surface area contributed by atoms with Gasteiger partial charge in [-0.15, -0.1) is 0 Å². The van der Waals surface area contributed by atoms with Crippen molar-refractivity contribution in [1.29, 1.82) is 0 Å². The summed E-state index contributed by atoms with van der Waals surface area (Å²) in [6, 6.07) is 0. The topological polar surface area (TPSA) is 26.3 Å². The van der Waals surface area contributed by atoms with Gasteiger partial charge in [0.05, 0.1) is 0 Å². The summed E-state index contributed by atoms with van der Waals surface area (Å²) in [4.78, 5) is 10.7. The maximum atomic E-state index is 10.7. The van der Waals surface area contributed by atoms with Crippen LogP contribution in [0.25, 0.3) is 0 Å². The van der Waals surface area contributed by atoms with Crippen LogP contribution in [0.15, 0.2) is 0 Å². The molecule has 0 saturated heterocycles. The van der Waals surface area contributed by atoms with Crippen LogP contribution in [-0.4, -0.2) is 31.8 Å². The van der Waals surface area contributed by atoms with Gasteiger partial charge in [0.2, 0.25) is 0 Å². The molecule has 0 heterocycles. The average Bonchev–Trinajstić information content (AvgIpc) is 1.97. The molecule has 10 heavy (non-hydrogen) atoms. The molecule has 1 radical (unpaired) electrons. The fourth-order valence-electron chi connectivity index (χ4n) is 0.441. The second-order valence-electron chi connectivity index (χ2n) is 1.86. The van der Waals surface area contributed by atoms with Crippen molar-refractivity contribution in [3.63, 3.8) is 0 Å². The van der Waals surface area contributed by atoms with Crippen LogP contribution >= 0.6 is 9.29 Å². The van der Waals surface area contributed by atoms with Gasteiger partial charge in [-0.1, -0.05) is 0 Å². The van der Waals surface area contributed by atoms with Gasteiger partial charge >= 0.3 is 74.8 Å². The average molecular weight is 266 g/mol. The number of rotatable bonds is 5. The molecule has 0 aromatic heterocycles. The Labute approximate surface area is 74.7 Å². The van der Waals surface area contributed by atoms with E-state index >= 15 is 0 Å². The second-order valence-corrected chi connectivity index (χ2v) is 6.05. The molecule has 0 aliphatic rings. The summed E-state index contributed by atoms with van der Waals surface area (Å²) in [6.07, 6.45) is 1.45. The molecule has 0 aromatic carbocycles. The van der Waals surface area contributed by atoms with Crippen LogP contribution in [0.2, 0.25) is 4.44 Å². The molecule has 0 fully saturated rings. The molecule has 0 aliphatic heterocycles. The summed E-state index contributed by atoms with van der Waals surface area (Å²) in [5.41, 5.74) is 0. The standard InChI is InChI=1S/C6H11O2.S.Sn/c1-3-5-8-6(7)4-2;;/h2-5H2,1H3;;. The molecule has 0 amide bonds. The van der Waals surface area contributed by atoms with Gasteiger partial charge in [0.25, 0.3) is 0 Å². The third-order valence-electron chi connectivity index (χ3n) is 0.898. The molecule has 2 nitrogen and oxygen atoms in total. The summed E-state index contributed by atoms with van der Waals surface area (Å²) in [5.74, 6) is -0.0763. The summed E-state index contributed by atoms with van der Waals surface area (Å²) >= 11 is -0.596. The Morgan fingerprint density at radius 1 is 1.70 bits per heavy atom. The number of carbonyl (C=O) groups is 1. The third-order valence-corrected chi connectivity index (χ3v) is 3.56. The Morgan fingerprint density at radius 2 is 2.40 bits per heavy atom. The van der Waals surface area contributed by atoms with Gasteiger partial charge in [-0.2, -0.15) is 0 Å². The van der Waals surface area contributed by atoms with Crippen molar-refractivity contribution in [2.75, 3.05) is 6.61 Å². The van der Waals surface area contributed by atoms with Crippen LogP contribution < -0.4 is 0 Å². The van der Waals surface area contributed by atoms with Crippen LogP contribution in [0.5, 0.6) is 0 Å². The van der Waals surface area contributed by atoms with Gasteiger partial charge in [-0.3, -0.25) is 0 Å². The number of esters is 1. The first kappa shape index (κ1) is 10.5. The predicted molar refractivity (Wildman–Crippen MR) is 44.0 cm³/mol. The number of hydrogen-bond acceptors (Lipinski definition) is 3. The SMILES string of the molecule is CCCOC(=O)C[CH2][Sn]=[S]. The Hall–Kier alpha value is 0.489. The zero-order valence-corrected chi connectivity index (χ0v) is 9.72. The van der Waals surface area contributed by atoms with Crippen LogP contribution in [0.4, 0.5) is 0 Å². The first-order chi connectivity index (χ1) is 4.81. The van der Waals surface area contributed by atoms with Crippen molar-refractivity contribution in [2.45, 2.75) is 24.2 Å². The van der Waals surface area contributed by atoms with Gasteiger partial charge in [0.15, 0.2) is 0 Å². The minimum absolute atomic E-state index is 0.0763. The van der Waals surface area contributed by atoms with Crippen LogP contribution in [-0.2, 0) is 9.53 Å². The number of hydrogen-bond donors (Lipinski definition) is 0. The molecule has 0 rings (SSSR count). The van der Waals surface area contributed by atoms with E-state index in [0.29, 0.717) is 13.0 Å². The van der Waals surface area contributed by atoms with Crippen molar-refractivity contribution in [2.24, 2.45) is 0 Å². The van der Waals surface area contributed by atoms with Crippen molar-refractivity contribution in [3.05, 3.63) is 0 Å². The fraction of sp³-hybridized carbons (Fsp3) is 0.833. The van der Waals surface area contributed by atoms with Crippen molar-refractivity contribution in [1.82, 2.24) is 0 Å². The monoisotopic (exact) mass is 267 g/mol. The van der Waals surface area contributed by atoms with E-state index in [1.807, 2.05) is 6.92 Å². The van der Waals surface area contributed by atoms with Gasteiger partial charge in [-0.05, 0) is 0 Å². The Balaban J connectivity index is 3.16. The molecule has 0 N–H and O–H groups in total. The summed E-state index contributed by atoms with van der Waals surface area (Å²) in [5, 5.41) is 0. The molecule has 4 heteroatoms. The number of ether oxygens (including phenoxy) is 1. The first-order valence-corrected chi connectivity index (χ1v) is 9.24. The van der Waals surface area contributed by atoms with Crippen LogP contribution in [0.1, 0.15) is 19.8 Å². The zero-order valence-electron chi connectivity index (χ0n) is 6.05. The fourth-order valence-corrected chi connectivity index (χ4v) is 2.00. The van der Waals surface area contributed by atoms with E-state index in [4.69, 9.17) is 14.0 Å². The molecule has 0 saturated carbocycles. The van der Waals surface area contributed by atoms with Gasteiger partial charge in [0, 0.05) is 0 Å². The van der Waals surface area contributed by atoms with Crippen molar-refractivity contribution < 1.29 is 9.53 Å². The van der Waals surface area contributed by atoms with E-state index in [0.717, 1.165) is 10.9 Å². The zero-order chi connectivity index (χ0) is 7.82. The third kappa shape index (κ3) is 6.61. The Morgan fingerprint density at radius 3 is 2.90 bits per heavy atom. The van der Waals surface area contributed by atoms with Gasteiger partial charge in [0.1, 0.15) is 0 Å². The Kier molecular flexibility index (Phi) is 7.97. The van der Waals surface area contributed by atoms with E-state index in [-0.39, 0.29) is 5.97 Å². The molecule has 0 aromatic rings. The first-order valence-electron chi connectivity index (χ1n) is 3.32. The second kappa shape index (κ2) is 7.59. The molecular formula is C6H11O2SSn. The molecule has 57 valence electrons.